The Bertz CT molecular complexity index is 1220. The van der Waals surface area contributed by atoms with Crippen LogP contribution in [-0.2, 0) is 9.53 Å². The van der Waals surface area contributed by atoms with Crippen LogP contribution in [0.2, 0.25) is 10.0 Å². The van der Waals surface area contributed by atoms with Crippen molar-refractivity contribution in [2.24, 2.45) is 0 Å². The fourth-order valence-electron chi connectivity index (χ4n) is 3.89. The smallest absolute Gasteiger partial charge is 0.266 e. The first-order chi connectivity index (χ1) is 15.2. The van der Waals surface area contributed by atoms with E-state index in [1.165, 1.54) is 16.3 Å². The van der Waals surface area contributed by atoms with E-state index < -0.39 is 5.25 Å². The summed E-state index contributed by atoms with van der Waals surface area (Å²) in [6, 6.07) is 12.1. The summed E-state index contributed by atoms with van der Waals surface area (Å²) >= 11 is 13.7. The second-order valence-corrected chi connectivity index (χ2v) is 10.1. The number of para-hydroxylation sites is 1. The van der Waals surface area contributed by atoms with Crippen molar-refractivity contribution in [1.82, 2.24) is 14.5 Å². The van der Waals surface area contributed by atoms with Crippen LogP contribution in [0.25, 0.3) is 16.6 Å². The first kappa shape index (κ1) is 23.1. The molecule has 3 atom stereocenters. The normalized spacial score (nSPS) is 19.8. The van der Waals surface area contributed by atoms with Gasteiger partial charge in [0.15, 0.2) is 5.16 Å². The number of carbonyl (C=O) groups excluding carboxylic acids is 1. The van der Waals surface area contributed by atoms with Crippen molar-refractivity contribution in [3.05, 3.63) is 62.9 Å². The molecule has 1 amide bonds. The van der Waals surface area contributed by atoms with Crippen molar-refractivity contribution in [2.45, 2.75) is 43.4 Å². The van der Waals surface area contributed by atoms with E-state index in [1.54, 1.807) is 36.4 Å². The predicted octanol–water partition coefficient (Wildman–Crippen LogP) is 4.81. The molecule has 1 fully saturated rings. The molecule has 2 aromatic carbocycles. The number of hydrogen-bond donors (Lipinski definition) is 0. The third-order valence-electron chi connectivity index (χ3n) is 5.26. The lowest BCUT2D eigenvalue weighted by Crippen LogP contribution is -2.50. The molecule has 0 aliphatic carbocycles. The van der Waals surface area contributed by atoms with Gasteiger partial charge in [0.1, 0.15) is 0 Å². The van der Waals surface area contributed by atoms with Gasteiger partial charge >= 0.3 is 0 Å². The average Bonchev–Trinajstić information content (AvgIpc) is 2.74. The zero-order valence-electron chi connectivity index (χ0n) is 17.9. The number of rotatable bonds is 4. The molecular weight excluding hydrogens is 469 g/mol. The van der Waals surface area contributed by atoms with Crippen LogP contribution in [0, 0.1) is 0 Å². The molecule has 3 aromatic rings. The molecule has 1 aromatic heterocycles. The van der Waals surface area contributed by atoms with E-state index in [4.69, 9.17) is 32.9 Å². The molecule has 32 heavy (non-hydrogen) atoms. The molecule has 0 radical (unpaired) electrons. The highest BCUT2D eigenvalue weighted by atomic mass is 35.5. The molecule has 6 nitrogen and oxygen atoms in total. The molecule has 3 unspecified atom stereocenters. The standard InChI is InChI=1S/C23H23Cl2N3O3S/c1-13-11-27(12-14(2)31-13)21(29)15(3)32-23-26-19-7-5-4-6-17(19)22(30)28(23)20-9-8-16(24)10-18(20)25/h4-10,13-15H,11-12H2,1-3H3. The molecule has 2 heterocycles. The van der Waals surface area contributed by atoms with Crippen molar-refractivity contribution in [3.8, 4) is 5.69 Å². The number of morpholine rings is 1. The molecule has 1 saturated heterocycles. The maximum Gasteiger partial charge on any atom is 0.266 e. The fraction of sp³-hybridized carbons (Fsp3) is 0.348. The highest BCUT2D eigenvalue weighted by molar-refractivity contribution is 8.00. The van der Waals surface area contributed by atoms with Gasteiger partial charge in [-0.3, -0.25) is 14.2 Å². The molecule has 4 rings (SSSR count). The van der Waals surface area contributed by atoms with Crippen molar-refractivity contribution < 1.29 is 9.53 Å². The summed E-state index contributed by atoms with van der Waals surface area (Å²) in [6.45, 7) is 6.81. The van der Waals surface area contributed by atoms with Gasteiger partial charge < -0.3 is 9.64 Å². The molecule has 1 aliphatic rings. The summed E-state index contributed by atoms with van der Waals surface area (Å²) in [7, 11) is 0. The minimum atomic E-state index is -0.460. The van der Waals surface area contributed by atoms with Crippen molar-refractivity contribution in [2.75, 3.05) is 13.1 Å². The van der Waals surface area contributed by atoms with Gasteiger partial charge in [-0.2, -0.15) is 0 Å². The van der Waals surface area contributed by atoms with Gasteiger partial charge in [-0.1, -0.05) is 47.1 Å². The number of benzene rings is 2. The molecule has 1 aliphatic heterocycles. The number of halogens is 2. The van der Waals surface area contributed by atoms with Gasteiger partial charge in [-0.15, -0.1) is 0 Å². The number of thioether (sulfide) groups is 1. The number of amides is 1. The lowest BCUT2D eigenvalue weighted by Gasteiger charge is -2.36. The highest BCUT2D eigenvalue weighted by Gasteiger charge is 2.30. The van der Waals surface area contributed by atoms with Gasteiger partial charge in [-0.25, -0.2) is 4.98 Å². The van der Waals surface area contributed by atoms with Gasteiger partial charge in [-0.05, 0) is 51.1 Å². The Morgan fingerprint density at radius 3 is 2.53 bits per heavy atom. The van der Waals surface area contributed by atoms with Gasteiger partial charge in [0.25, 0.3) is 5.56 Å². The van der Waals surface area contributed by atoms with Crippen LogP contribution in [0.5, 0.6) is 0 Å². The van der Waals surface area contributed by atoms with E-state index in [-0.39, 0.29) is 23.7 Å². The van der Waals surface area contributed by atoms with Crippen LogP contribution >= 0.6 is 35.0 Å². The minimum absolute atomic E-state index is 0.0202. The van der Waals surface area contributed by atoms with Crippen LogP contribution in [0.15, 0.2) is 52.4 Å². The molecule has 0 saturated carbocycles. The van der Waals surface area contributed by atoms with Crippen molar-refractivity contribution >= 4 is 51.8 Å². The first-order valence-electron chi connectivity index (χ1n) is 10.3. The molecule has 168 valence electrons. The second-order valence-electron chi connectivity index (χ2n) is 7.91. The van der Waals surface area contributed by atoms with Crippen LogP contribution in [-0.4, -0.2) is 50.9 Å². The van der Waals surface area contributed by atoms with Gasteiger partial charge in [0.2, 0.25) is 5.91 Å². The Morgan fingerprint density at radius 2 is 1.84 bits per heavy atom. The Labute approximate surface area is 200 Å². The molecule has 9 heteroatoms. The Balaban J connectivity index is 1.76. The summed E-state index contributed by atoms with van der Waals surface area (Å²) in [6.07, 6.45) is -0.0468. The largest absolute Gasteiger partial charge is 0.372 e. The zero-order chi connectivity index (χ0) is 23.0. The molecule has 0 bridgehead atoms. The number of aromatic nitrogens is 2. The number of nitrogens with zero attached hydrogens (tertiary/aromatic N) is 3. The maximum absolute atomic E-state index is 13.4. The quantitative estimate of drug-likeness (QED) is 0.387. The topological polar surface area (TPSA) is 64.4 Å². The first-order valence-corrected chi connectivity index (χ1v) is 12.0. The predicted molar refractivity (Wildman–Crippen MR) is 129 cm³/mol. The highest BCUT2D eigenvalue weighted by Crippen LogP contribution is 2.30. The molecule has 0 spiro atoms. The second kappa shape index (κ2) is 9.43. The van der Waals surface area contributed by atoms with Crippen molar-refractivity contribution in [3.63, 3.8) is 0 Å². The van der Waals surface area contributed by atoms with E-state index in [2.05, 4.69) is 0 Å². The summed E-state index contributed by atoms with van der Waals surface area (Å²) in [5, 5.41) is 1.20. The summed E-state index contributed by atoms with van der Waals surface area (Å²) in [5.74, 6) is -0.0202. The van der Waals surface area contributed by atoms with E-state index in [0.29, 0.717) is 44.9 Å². The number of carbonyl (C=O) groups is 1. The lowest BCUT2D eigenvalue weighted by molar-refractivity contribution is -0.142. The van der Waals surface area contributed by atoms with Crippen LogP contribution in [0.4, 0.5) is 0 Å². The van der Waals surface area contributed by atoms with E-state index in [1.807, 2.05) is 31.7 Å². The number of hydrogen-bond acceptors (Lipinski definition) is 5. The Morgan fingerprint density at radius 1 is 1.16 bits per heavy atom. The average molecular weight is 492 g/mol. The Kier molecular flexibility index (Phi) is 6.81. The summed E-state index contributed by atoms with van der Waals surface area (Å²) in [5.41, 5.74) is 0.778. The third-order valence-corrected chi connectivity index (χ3v) is 6.83. The van der Waals surface area contributed by atoms with Gasteiger partial charge in [0, 0.05) is 18.1 Å². The van der Waals surface area contributed by atoms with Crippen LogP contribution in [0.1, 0.15) is 20.8 Å². The lowest BCUT2D eigenvalue weighted by atomic mass is 10.2. The van der Waals surface area contributed by atoms with Crippen LogP contribution < -0.4 is 5.56 Å². The van der Waals surface area contributed by atoms with E-state index >= 15 is 0 Å². The minimum Gasteiger partial charge on any atom is -0.372 e. The summed E-state index contributed by atoms with van der Waals surface area (Å²) in [4.78, 5) is 33.2. The zero-order valence-corrected chi connectivity index (χ0v) is 20.2. The SMILES string of the molecule is CC1CN(C(=O)C(C)Sc2nc3ccccc3c(=O)n2-c2ccc(Cl)cc2Cl)CC(C)O1. The molecular formula is C23H23Cl2N3O3S. The number of ether oxygens (including phenoxy) is 1. The monoisotopic (exact) mass is 491 g/mol. The number of fused-ring (bicyclic) bond motifs is 1. The molecule has 0 N–H and O–H groups in total. The van der Waals surface area contributed by atoms with Crippen molar-refractivity contribution in [1.29, 1.82) is 0 Å². The van der Waals surface area contributed by atoms with Crippen LogP contribution in [0.3, 0.4) is 0 Å². The maximum atomic E-state index is 13.4. The van der Waals surface area contributed by atoms with E-state index in [0.717, 1.165) is 0 Å². The van der Waals surface area contributed by atoms with Gasteiger partial charge in [0.05, 0.1) is 39.1 Å². The third kappa shape index (κ3) is 4.66. The van der Waals surface area contributed by atoms with E-state index in [9.17, 15) is 9.59 Å². The summed E-state index contributed by atoms with van der Waals surface area (Å²) < 4.78 is 7.20. The fourth-order valence-corrected chi connectivity index (χ4v) is 5.39. The Hall–Kier alpha value is -2.06.